The lowest BCUT2D eigenvalue weighted by molar-refractivity contribution is 0.455. The maximum Gasteiger partial charge on any atom is 0.264 e. The van der Waals surface area contributed by atoms with Crippen molar-refractivity contribution in [3.8, 4) is 0 Å². The highest BCUT2D eigenvalue weighted by molar-refractivity contribution is 4.99. The fourth-order valence-corrected chi connectivity index (χ4v) is 2.20. The Labute approximate surface area is 95.5 Å². The van der Waals surface area contributed by atoms with Gasteiger partial charge in [-0.3, -0.25) is 4.79 Å². The van der Waals surface area contributed by atoms with E-state index in [1.54, 1.807) is 6.07 Å². The zero-order valence-corrected chi connectivity index (χ0v) is 9.54. The summed E-state index contributed by atoms with van der Waals surface area (Å²) in [6.07, 6.45) is 7.93. The normalized spacial score (nSPS) is 18.2. The first-order valence-electron chi connectivity index (χ1n) is 6.12. The highest BCUT2D eigenvalue weighted by Gasteiger charge is 2.11. The maximum absolute atomic E-state index is 10.8. The Balaban J connectivity index is 1.81. The van der Waals surface area contributed by atoms with Gasteiger partial charge in [0.1, 0.15) is 0 Å². The van der Waals surface area contributed by atoms with Gasteiger partial charge in [0.05, 0.1) is 5.69 Å². The first kappa shape index (κ1) is 11.3. The molecule has 0 spiro atoms. The number of rotatable bonds is 3. The zero-order valence-electron chi connectivity index (χ0n) is 9.54. The average Bonchev–Trinajstić information content (AvgIpc) is 2.57. The van der Waals surface area contributed by atoms with Gasteiger partial charge in [-0.15, -0.1) is 0 Å². The Morgan fingerprint density at radius 1 is 1.25 bits per heavy atom. The molecule has 0 aliphatic heterocycles. The number of nitrogens with zero attached hydrogens (tertiary/aromatic N) is 1. The molecule has 2 N–H and O–H groups in total. The molecule has 1 heterocycles. The minimum absolute atomic E-state index is 0.141. The third-order valence-electron chi connectivity index (χ3n) is 3.16. The van der Waals surface area contributed by atoms with Gasteiger partial charge in [0.15, 0.2) is 0 Å². The Kier molecular flexibility index (Phi) is 4.10. The molecule has 4 heteroatoms. The summed E-state index contributed by atoms with van der Waals surface area (Å²) < 4.78 is 0. The summed E-state index contributed by atoms with van der Waals surface area (Å²) >= 11 is 0. The SMILES string of the molecule is O=c1ccc(CNC2CCCCCC2)n[nH]1. The predicted octanol–water partition coefficient (Wildman–Crippen LogP) is 1.58. The summed E-state index contributed by atoms with van der Waals surface area (Å²) in [5.74, 6) is 0. The van der Waals surface area contributed by atoms with E-state index in [4.69, 9.17) is 0 Å². The van der Waals surface area contributed by atoms with E-state index < -0.39 is 0 Å². The highest BCUT2D eigenvalue weighted by Crippen LogP contribution is 2.17. The van der Waals surface area contributed by atoms with Gasteiger partial charge in [0.25, 0.3) is 5.56 Å². The Morgan fingerprint density at radius 2 is 2.00 bits per heavy atom. The topological polar surface area (TPSA) is 57.8 Å². The van der Waals surface area contributed by atoms with Crippen molar-refractivity contribution in [2.75, 3.05) is 0 Å². The molecule has 0 atom stereocenters. The van der Waals surface area contributed by atoms with Gasteiger partial charge in [-0.1, -0.05) is 25.7 Å². The molecule has 0 bridgehead atoms. The Hall–Kier alpha value is -1.16. The van der Waals surface area contributed by atoms with Crippen molar-refractivity contribution in [1.29, 1.82) is 0 Å². The van der Waals surface area contributed by atoms with Crippen molar-refractivity contribution in [1.82, 2.24) is 15.5 Å². The molecular weight excluding hydrogens is 202 g/mol. The van der Waals surface area contributed by atoms with Crippen LogP contribution in [0.5, 0.6) is 0 Å². The monoisotopic (exact) mass is 221 g/mol. The van der Waals surface area contributed by atoms with Crippen molar-refractivity contribution >= 4 is 0 Å². The molecule has 0 unspecified atom stereocenters. The Morgan fingerprint density at radius 3 is 2.62 bits per heavy atom. The maximum atomic E-state index is 10.8. The van der Waals surface area contributed by atoms with E-state index in [9.17, 15) is 4.79 Å². The van der Waals surface area contributed by atoms with Gasteiger partial charge in [0, 0.05) is 18.7 Å². The standard InChI is InChI=1S/C12H19N3O/c16-12-8-7-11(14-15-12)9-13-10-5-3-1-2-4-6-10/h7-8,10,13H,1-6,9H2,(H,15,16). The Bertz CT molecular complexity index is 346. The van der Waals surface area contributed by atoms with Crippen molar-refractivity contribution in [3.63, 3.8) is 0 Å². The summed E-state index contributed by atoms with van der Waals surface area (Å²) in [7, 11) is 0. The molecule has 0 saturated heterocycles. The molecule has 1 fully saturated rings. The molecule has 16 heavy (non-hydrogen) atoms. The number of aromatic amines is 1. The van der Waals surface area contributed by atoms with Crippen LogP contribution in [0.2, 0.25) is 0 Å². The number of aromatic nitrogens is 2. The van der Waals surface area contributed by atoms with Gasteiger partial charge < -0.3 is 5.32 Å². The lowest BCUT2D eigenvalue weighted by Crippen LogP contribution is -2.28. The van der Waals surface area contributed by atoms with E-state index in [-0.39, 0.29) is 5.56 Å². The van der Waals surface area contributed by atoms with Crippen molar-refractivity contribution in [2.45, 2.75) is 51.1 Å². The third kappa shape index (κ3) is 3.45. The molecule has 1 aliphatic rings. The van der Waals surface area contributed by atoms with Crippen LogP contribution in [-0.4, -0.2) is 16.2 Å². The van der Waals surface area contributed by atoms with E-state index >= 15 is 0 Å². The van der Waals surface area contributed by atoms with Gasteiger partial charge in [-0.05, 0) is 18.9 Å². The fourth-order valence-electron chi connectivity index (χ4n) is 2.20. The van der Waals surface area contributed by atoms with Crippen molar-refractivity contribution in [2.24, 2.45) is 0 Å². The quantitative estimate of drug-likeness (QED) is 0.762. The minimum atomic E-state index is -0.141. The molecule has 4 nitrogen and oxygen atoms in total. The number of hydrogen-bond acceptors (Lipinski definition) is 3. The molecule has 0 radical (unpaired) electrons. The second-order valence-corrected chi connectivity index (χ2v) is 4.48. The van der Waals surface area contributed by atoms with Crippen molar-refractivity contribution < 1.29 is 0 Å². The second-order valence-electron chi connectivity index (χ2n) is 4.48. The smallest absolute Gasteiger partial charge is 0.264 e. The van der Waals surface area contributed by atoms with Crippen molar-refractivity contribution in [3.05, 3.63) is 28.2 Å². The van der Waals surface area contributed by atoms with Gasteiger partial charge in [0.2, 0.25) is 0 Å². The van der Waals surface area contributed by atoms with Crippen LogP contribution >= 0.6 is 0 Å². The summed E-state index contributed by atoms with van der Waals surface area (Å²) in [4.78, 5) is 10.8. The van der Waals surface area contributed by atoms with Crippen LogP contribution in [0.1, 0.15) is 44.2 Å². The van der Waals surface area contributed by atoms with Gasteiger partial charge >= 0.3 is 0 Å². The van der Waals surface area contributed by atoms with Crippen LogP contribution in [-0.2, 0) is 6.54 Å². The third-order valence-corrected chi connectivity index (χ3v) is 3.16. The first-order chi connectivity index (χ1) is 7.84. The van der Waals surface area contributed by atoms with Crippen LogP contribution in [0.15, 0.2) is 16.9 Å². The zero-order chi connectivity index (χ0) is 11.2. The molecule has 1 aromatic rings. The number of nitrogens with one attached hydrogen (secondary N) is 2. The fraction of sp³-hybridized carbons (Fsp3) is 0.667. The number of hydrogen-bond donors (Lipinski definition) is 2. The summed E-state index contributed by atoms with van der Waals surface area (Å²) in [6.45, 7) is 0.751. The van der Waals surface area contributed by atoms with Crippen LogP contribution in [0.25, 0.3) is 0 Å². The van der Waals surface area contributed by atoms with E-state index in [0.717, 1.165) is 12.2 Å². The largest absolute Gasteiger partial charge is 0.308 e. The predicted molar refractivity (Wildman–Crippen MR) is 63.2 cm³/mol. The molecule has 0 aromatic carbocycles. The summed E-state index contributed by atoms with van der Waals surface area (Å²) in [5, 5.41) is 9.95. The number of H-pyrrole nitrogens is 1. The molecule has 88 valence electrons. The molecule has 2 rings (SSSR count). The molecule has 1 saturated carbocycles. The lowest BCUT2D eigenvalue weighted by Gasteiger charge is -2.15. The van der Waals surface area contributed by atoms with Crippen LogP contribution in [0.4, 0.5) is 0 Å². The summed E-state index contributed by atoms with van der Waals surface area (Å²) in [6, 6.07) is 3.93. The van der Waals surface area contributed by atoms with Crippen LogP contribution < -0.4 is 10.9 Å². The van der Waals surface area contributed by atoms with Crippen LogP contribution in [0, 0.1) is 0 Å². The molecule has 0 amide bonds. The lowest BCUT2D eigenvalue weighted by atomic mass is 10.1. The summed E-state index contributed by atoms with van der Waals surface area (Å²) in [5.41, 5.74) is 0.766. The highest BCUT2D eigenvalue weighted by atomic mass is 16.1. The van der Waals surface area contributed by atoms with E-state index in [1.165, 1.54) is 44.6 Å². The molecule has 1 aromatic heterocycles. The second kappa shape index (κ2) is 5.80. The van der Waals surface area contributed by atoms with E-state index in [1.807, 2.05) is 0 Å². The van der Waals surface area contributed by atoms with Crippen LogP contribution in [0.3, 0.4) is 0 Å². The van der Waals surface area contributed by atoms with Gasteiger partial charge in [-0.25, -0.2) is 5.10 Å². The van der Waals surface area contributed by atoms with E-state index in [0.29, 0.717) is 6.04 Å². The minimum Gasteiger partial charge on any atom is -0.308 e. The van der Waals surface area contributed by atoms with E-state index in [2.05, 4.69) is 15.5 Å². The first-order valence-corrected chi connectivity index (χ1v) is 6.12. The molecule has 1 aliphatic carbocycles. The van der Waals surface area contributed by atoms with Gasteiger partial charge in [-0.2, -0.15) is 5.10 Å². The average molecular weight is 221 g/mol. The molecular formula is C12H19N3O.